The highest BCUT2D eigenvalue weighted by atomic mass is 16.5. The van der Waals surface area contributed by atoms with E-state index in [0.717, 1.165) is 23.6 Å². The molecule has 0 atom stereocenters. The first kappa shape index (κ1) is 7.61. The molecule has 0 aromatic rings. The van der Waals surface area contributed by atoms with Crippen LogP contribution in [0.1, 0.15) is 32.1 Å². The zero-order valence-electron chi connectivity index (χ0n) is 6.47. The molecular weight excluding hydrogens is 126 g/mol. The summed E-state index contributed by atoms with van der Waals surface area (Å²) in [5.74, 6) is 0. The topological polar surface area (TPSA) is 26.3 Å². The van der Waals surface area contributed by atoms with Crippen LogP contribution in [0.4, 0.5) is 0 Å². The molecule has 1 aliphatic carbocycles. The van der Waals surface area contributed by atoms with Crippen molar-refractivity contribution in [3.05, 3.63) is 17.0 Å². The van der Waals surface area contributed by atoms with E-state index in [0.29, 0.717) is 0 Å². The molecule has 0 fully saturated rings. The fraction of sp³-hybridized carbons (Fsp3) is 0.750. The van der Waals surface area contributed by atoms with Gasteiger partial charge in [0.15, 0.2) is 0 Å². The van der Waals surface area contributed by atoms with Crippen LogP contribution in [0.3, 0.4) is 0 Å². The van der Waals surface area contributed by atoms with Crippen LogP contribution in [0, 0.1) is 5.21 Å². The third-order valence-corrected chi connectivity index (χ3v) is 1.92. The Morgan fingerprint density at radius 3 is 2.90 bits per heavy atom. The quantitative estimate of drug-likeness (QED) is 0.522. The summed E-state index contributed by atoms with van der Waals surface area (Å²) in [5.41, 5.74) is 0.970. The number of hydroxylamine groups is 2. The molecule has 0 aromatic heterocycles. The Labute approximate surface area is 62.1 Å². The van der Waals surface area contributed by atoms with Gasteiger partial charge >= 0.3 is 0 Å². The molecule has 0 unspecified atom stereocenters. The van der Waals surface area contributed by atoms with Crippen molar-refractivity contribution in [1.82, 2.24) is 5.06 Å². The molecule has 10 heavy (non-hydrogen) atoms. The number of allylic oxidation sites excluding steroid dienone is 2. The second-order valence-corrected chi connectivity index (χ2v) is 2.79. The summed E-state index contributed by atoms with van der Waals surface area (Å²) in [5, 5.41) is 11.8. The highest BCUT2D eigenvalue weighted by Crippen LogP contribution is 2.18. The van der Waals surface area contributed by atoms with E-state index in [1.165, 1.54) is 19.3 Å². The molecule has 1 rings (SSSR count). The standard InChI is InChI=1S/C8H14NO/c1-9(10)8-6-4-2-3-5-7-8/h6H,2-5,7H2,1H3/q-1. The van der Waals surface area contributed by atoms with Crippen molar-refractivity contribution >= 4 is 0 Å². The van der Waals surface area contributed by atoms with Crippen molar-refractivity contribution in [2.45, 2.75) is 32.1 Å². The van der Waals surface area contributed by atoms with Gasteiger partial charge in [-0.3, -0.25) is 0 Å². The van der Waals surface area contributed by atoms with Gasteiger partial charge in [0.25, 0.3) is 0 Å². The highest BCUT2D eigenvalue weighted by molar-refractivity contribution is 5.02. The first-order chi connectivity index (χ1) is 4.80. The number of hydrogen-bond donors (Lipinski definition) is 0. The predicted molar refractivity (Wildman–Crippen MR) is 42.3 cm³/mol. The zero-order valence-corrected chi connectivity index (χ0v) is 6.47. The molecule has 2 nitrogen and oxygen atoms in total. The van der Waals surface area contributed by atoms with Gasteiger partial charge in [-0.05, 0) is 38.4 Å². The Kier molecular flexibility index (Phi) is 2.75. The zero-order chi connectivity index (χ0) is 7.40. The first-order valence-corrected chi connectivity index (χ1v) is 3.90. The van der Waals surface area contributed by atoms with Crippen LogP contribution < -0.4 is 0 Å². The Morgan fingerprint density at radius 2 is 2.20 bits per heavy atom. The maximum atomic E-state index is 10.8. The van der Waals surface area contributed by atoms with E-state index in [4.69, 9.17) is 0 Å². The summed E-state index contributed by atoms with van der Waals surface area (Å²) in [6.45, 7) is 0. The van der Waals surface area contributed by atoms with Gasteiger partial charge in [-0.2, -0.15) is 0 Å². The second kappa shape index (κ2) is 3.62. The van der Waals surface area contributed by atoms with E-state index in [1.807, 2.05) is 0 Å². The van der Waals surface area contributed by atoms with Crippen LogP contribution in [0.5, 0.6) is 0 Å². The van der Waals surface area contributed by atoms with Crippen LogP contribution in [0.2, 0.25) is 0 Å². The van der Waals surface area contributed by atoms with E-state index in [-0.39, 0.29) is 0 Å². The molecule has 1 aliphatic rings. The lowest BCUT2D eigenvalue weighted by atomic mass is 10.2. The molecule has 2 heteroatoms. The minimum atomic E-state index is 0.970. The van der Waals surface area contributed by atoms with Crippen molar-refractivity contribution < 1.29 is 0 Å². The maximum Gasteiger partial charge on any atom is -0.00170 e. The van der Waals surface area contributed by atoms with Crippen molar-refractivity contribution in [2.75, 3.05) is 7.05 Å². The average molecular weight is 140 g/mol. The Bertz CT molecular complexity index is 129. The lowest BCUT2D eigenvalue weighted by Gasteiger charge is -2.27. The SMILES string of the molecule is CN([O-])C1=CCCCCC1. The van der Waals surface area contributed by atoms with Gasteiger partial charge in [-0.15, -0.1) is 0 Å². The Morgan fingerprint density at radius 1 is 1.40 bits per heavy atom. The summed E-state index contributed by atoms with van der Waals surface area (Å²) in [4.78, 5) is 0. The maximum absolute atomic E-state index is 10.8. The second-order valence-electron chi connectivity index (χ2n) is 2.79. The van der Waals surface area contributed by atoms with Crippen molar-refractivity contribution in [2.24, 2.45) is 0 Å². The third-order valence-electron chi connectivity index (χ3n) is 1.92. The number of hydrogen-bond acceptors (Lipinski definition) is 2. The molecule has 0 radical (unpaired) electrons. The molecule has 58 valence electrons. The molecular formula is C8H14NO-. The molecule has 0 saturated carbocycles. The molecule has 0 saturated heterocycles. The van der Waals surface area contributed by atoms with Gasteiger partial charge in [0.2, 0.25) is 0 Å². The normalized spacial score (nSPS) is 19.6. The monoisotopic (exact) mass is 140 g/mol. The fourth-order valence-electron chi connectivity index (χ4n) is 1.28. The average Bonchev–Trinajstić information content (AvgIpc) is 2.12. The van der Waals surface area contributed by atoms with Gasteiger partial charge in [0.05, 0.1) is 0 Å². The predicted octanol–water partition coefficient (Wildman–Crippen LogP) is 2.26. The number of rotatable bonds is 1. The first-order valence-electron chi connectivity index (χ1n) is 3.90. The van der Waals surface area contributed by atoms with Gasteiger partial charge in [-0.25, -0.2) is 0 Å². The van der Waals surface area contributed by atoms with Crippen LogP contribution in [-0.4, -0.2) is 12.1 Å². The molecule has 0 heterocycles. The van der Waals surface area contributed by atoms with Gasteiger partial charge in [0.1, 0.15) is 0 Å². The lowest BCUT2D eigenvalue weighted by Crippen LogP contribution is -2.07. The minimum Gasteiger partial charge on any atom is -0.759 e. The molecule has 0 spiro atoms. The Hall–Kier alpha value is -0.500. The summed E-state index contributed by atoms with van der Waals surface area (Å²) in [6, 6.07) is 0. The molecule has 0 N–H and O–H groups in total. The summed E-state index contributed by atoms with van der Waals surface area (Å²) in [6.07, 6.45) is 7.82. The van der Waals surface area contributed by atoms with E-state index in [1.54, 1.807) is 7.05 Å². The van der Waals surface area contributed by atoms with E-state index in [9.17, 15) is 5.21 Å². The minimum absolute atomic E-state index is 0.970. The third kappa shape index (κ3) is 2.03. The van der Waals surface area contributed by atoms with Crippen LogP contribution >= 0.6 is 0 Å². The van der Waals surface area contributed by atoms with Gasteiger partial charge in [0, 0.05) is 0 Å². The smallest absolute Gasteiger partial charge is 0.00170 e. The van der Waals surface area contributed by atoms with Crippen LogP contribution in [0.25, 0.3) is 0 Å². The summed E-state index contributed by atoms with van der Waals surface area (Å²) < 4.78 is 0. The summed E-state index contributed by atoms with van der Waals surface area (Å²) in [7, 11) is 1.58. The van der Waals surface area contributed by atoms with Crippen LogP contribution in [-0.2, 0) is 0 Å². The molecule has 0 aromatic carbocycles. The largest absolute Gasteiger partial charge is 0.759 e. The number of nitrogens with zero attached hydrogens (tertiary/aromatic N) is 1. The molecule has 0 bridgehead atoms. The van der Waals surface area contributed by atoms with E-state index in [2.05, 4.69) is 6.08 Å². The van der Waals surface area contributed by atoms with E-state index < -0.39 is 0 Å². The highest BCUT2D eigenvalue weighted by Gasteiger charge is 2.00. The van der Waals surface area contributed by atoms with Gasteiger partial charge < -0.3 is 10.3 Å². The molecule has 0 aliphatic heterocycles. The van der Waals surface area contributed by atoms with Crippen molar-refractivity contribution in [1.29, 1.82) is 0 Å². The summed E-state index contributed by atoms with van der Waals surface area (Å²) >= 11 is 0. The van der Waals surface area contributed by atoms with Crippen LogP contribution in [0.15, 0.2) is 11.8 Å². The van der Waals surface area contributed by atoms with E-state index >= 15 is 0 Å². The molecule has 0 amide bonds. The van der Waals surface area contributed by atoms with Crippen molar-refractivity contribution in [3.8, 4) is 0 Å². The Balaban J connectivity index is 2.46. The van der Waals surface area contributed by atoms with Gasteiger partial charge in [-0.1, -0.05) is 12.5 Å². The van der Waals surface area contributed by atoms with Crippen molar-refractivity contribution in [3.63, 3.8) is 0 Å². The fourth-order valence-corrected chi connectivity index (χ4v) is 1.28. The lowest BCUT2D eigenvalue weighted by molar-refractivity contribution is 0.532.